The Morgan fingerprint density at radius 2 is 1.91 bits per heavy atom. The Morgan fingerprint density at radius 3 is 2.65 bits per heavy atom. The molecule has 0 fully saturated rings. The van der Waals surface area contributed by atoms with Gasteiger partial charge >= 0.3 is 6.09 Å². The fourth-order valence-electron chi connectivity index (χ4n) is 3.54. The summed E-state index contributed by atoms with van der Waals surface area (Å²) in [6, 6.07) is 12.3. The van der Waals surface area contributed by atoms with Gasteiger partial charge in [-0.15, -0.1) is 0 Å². The molecule has 0 saturated carbocycles. The molecule has 2 aromatic carbocycles. The van der Waals surface area contributed by atoms with Crippen LogP contribution in [0.4, 0.5) is 10.5 Å². The zero-order chi connectivity index (χ0) is 24.5. The summed E-state index contributed by atoms with van der Waals surface area (Å²) in [5, 5.41) is 4.12. The van der Waals surface area contributed by atoms with Crippen LogP contribution in [0.25, 0.3) is 0 Å². The molecule has 1 aliphatic heterocycles. The number of hydrogen-bond donors (Lipinski definition) is 2. The van der Waals surface area contributed by atoms with E-state index in [1.807, 2.05) is 43.3 Å². The molecule has 34 heavy (non-hydrogen) atoms. The highest BCUT2D eigenvalue weighted by atomic mass is 16.5. The van der Waals surface area contributed by atoms with Crippen molar-refractivity contribution in [3.8, 4) is 11.5 Å². The second-order valence-electron chi connectivity index (χ2n) is 8.09. The molecule has 3 rings (SSSR count). The third-order valence-electron chi connectivity index (χ3n) is 5.29. The molecule has 1 aliphatic rings. The number of amides is 2. The van der Waals surface area contributed by atoms with E-state index in [4.69, 9.17) is 14.2 Å². The van der Waals surface area contributed by atoms with E-state index in [9.17, 15) is 9.59 Å². The Morgan fingerprint density at radius 1 is 1.12 bits per heavy atom. The lowest BCUT2D eigenvalue weighted by molar-refractivity contribution is 0.0713. The lowest BCUT2D eigenvalue weighted by atomic mass is 10.0. The fraction of sp³-hybridized carbons (Fsp3) is 0.360. The van der Waals surface area contributed by atoms with E-state index in [0.717, 1.165) is 18.5 Å². The van der Waals surface area contributed by atoms with Crippen LogP contribution >= 0.6 is 0 Å². The van der Waals surface area contributed by atoms with Crippen LogP contribution in [0, 0.1) is 0 Å². The van der Waals surface area contributed by atoms with Crippen molar-refractivity contribution in [3.63, 3.8) is 0 Å². The zero-order valence-corrected chi connectivity index (χ0v) is 20.0. The van der Waals surface area contributed by atoms with E-state index in [0.29, 0.717) is 35.8 Å². The van der Waals surface area contributed by atoms with Gasteiger partial charge in [0.15, 0.2) is 11.5 Å². The van der Waals surface area contributed by atoms with Crippen molar-refractivity contribution in [1.82, 2.24) is 15.3 Å². The molecule has 182 valence electrons. The number of nitrogens with zero attached hydrogens (tertiary/aromatic N) is 2. The molecule has 0 aliphatic carbocycles. The molecule has 2 N–H and O–H groups in total. The number of hydrogen-bond acceptors (Lipinski definition) is 7. The highest BCUT2D eigenvalue weighted by Gasteiger charge is 2.23. The van der Waals surface area contributed by atoms with Crippen LogP contribution in [0.3, 0.4) is 0 Å². The second kappa shape index (κ2) is 12.1. The average molecular weight is 469 g/mol. The monoisotopic (exact) mass is 468 g/mol. The lowest BCUT2D eigenvalue weighted by Gasteiger charge is -2.30. The molecule has 0 spiro atoms. The molecule has 0 aromatic heterocycles. The third kappa shape index (κ3) is 6.72. The maximum atomic E-state index is 13.1. The van der Waals surface area contributed by atoms with Crippen LogP contribution in [-0.4, -0.2) is 63.4 Å². The van der Waals surface area contributed by atoms with Gasteiger partial charge in [-0.3, -0.25) is 10.1 Å². The Labute approximate surface area is 200 Å². The fourth-order valence-corrected chi connectivity index (χ4v) is 3.54. The molecule has 1 heterocycles. The van der Waals surface area contributed by atoms with Gasteiger partial charge in [-0.25, -0.2) is 15.2 Å². The summed E-state index contributed by atoms with van der Waals surface area (Å²) in [6.45, 7) is 1.15. The van der Waals surface area contributed by atoms with Crippen molar-refractivity contribution in [3.05, 3.63) is 65.9 Å². The first-order chi connectivity index (χ1) is 16.4. The topological polar surface area (TPSA) is 92.4 Å². The first kappa shape index (κ1) is 25.1. The molecule has 1 unspecified atom stereocenters. The molecule has 9 nitrogen and oxygen atoms in total. The van der Waals surface area contributed by atoms with Gasteiger partial charge in [0, 0.05) is 24.0 Å². The Hall–Kier alpha value is -3.56. The largest absolute Gasteiger partial charge is 0.493 e. The summed E-state index contributed by atoms with van der Waals surface area (Å²) in [6.07, 6.45) is 4.54. The molecular formula is C25H32N4O5. The summed E-state index contributed by atoms with van der Waals surface area (Å²) in [5.41, 5.74) is 5.12. The van der Waals surface area contributed by atoms with Crippen molar-refractivity contribution < 1.29 is 23.8 Å². The van der Waals surface area contributed by atoms with Gasteiger partial charge < -0.3 is 19.1 Å². The van der Waals surface area contributed by atoms with Crippen molar-refractivity contribution in [2.24, 2.45) is 0 Å². The Balaban J connectivity index is 1.63. The predicted molar refractivity (Wildman–Crippen MR) is 130 cm³/mol. The van der Waals surface area contributed by atoms with E-state index in [1.165, 1.54) is 5.01 Å². The molecule has 1 atom stereocenters. The number of carbonyl (C=O) groups is 2. The maximum Gasteiger partial charge on any atom is 0.411 e. The van der Waals surface area contributed by atoms with Crippen LogP contribution in [-0.2, 0) is 4.74 Å². The molecule has 0 saturated heterocycles. The number of rotatable bonds is 9. The van der Waals surface area contributed by atoms with Crippen LogP contribution < -0.4 is 20.2 Å². The molecule has 2 amide bonds. The van der Waals surface area contributed by atoms with E-state index in [2.05, 4.69) is 10.7 Å². The minimum atomic E-state index is -0.548. The zero-order valence-electron chi connectivity index (χ0n) is 20.0. The number of anilines is 1. The van der Waals surface area contributed by atoms with Gasteiger partial charge in [-0.1, -0.05) is 18.2 Å². The summed E-state index contributed by atoms with van der Waals surface area (Å²) < 4.78 is 15.9. The van der Waals surface area contributed by atoms with Crippen LogP contribution in [0.2, 0.25) is 0 Å². The highest BCUT2D eigenvalue weighted by molar-refractivity contribution is 5.96. The predicted octanol–water partition coefficient (Wildman–Crippen LogP) is 3.81. The lowest BCUT2D eigenvalue weighted by Crippen LogP contribution is -2.43. The quantitative estimate of drug-likeness (QED) is 0.541. The van der Waals surface area contributed by atoms with Gasteiger partial charge in [-0.05, 0) is 62.8 Å². The number of benzene rings is 2. The number of ether oxygens (including phenoxy) is 3. The first-order valence-electron chi connectivity index (χ1n) is 11.1. The molecule has 0 bridgehead atoms. The van der Waals surface area contributed by atoms with Crippen molar-refractivity contribution in [1.29, 1.82) is 0 Å². The molecular weight excluding hydrogens is 436 g/mol. The summed E-state index contributed by atoms with van der Waals surface area (Å²) >= 11 is 0. The highest BCUT2D eigenvalue weighted by Crippen LogP contribution is 2.32. The number of hydrazine groups is 1. The molecule has 9 heteroatoms. The Kier molecular flexibility index (Phi) is 8.89. The Bertz CT molecular complexity index is 1020. The van der Waals surface area contributed by atoms with Gasteiger partial charge in [0.2, 0.25) is 0 Å². The van der Waals surface area contributed by atoms with E-state index in [1.54, 1.807) is 44.7 Å². The average Bonchev–Trinajstić information content (AvgIpc) is 2.85. The second-order valence-corrected chi connectivity index (χ2v) is 8.09. The normalized spacial score (nSPS) is 15.2. The van der Waals surface area contributed by atoms with Crippen molar-refractivity contribution in [2.75, 3.05) is 46.8 Å². The SMILES string of the molecule is COc1ccc(C2CC=CN(C(=O)c3cccc(NC(=O)OCCCN(C)C)c3)N2)cc1OC. The van der Waals surface area contributed by atoms with Gasteiger partial charge in [0.1, 0.15) is 0 Å². The van der Waals surface area contributed by atoms with E-state index < -0.39 is 6.09 Å². The number of methoxy groups -OCH3 is 2. The van der Waals surface area contributed by atoms with Gasteiger partial charge in [-0.2, -0.15) is 0 Å². The van der Waals surface area contributed by atoms with Crippen LogP contribution in [0.15, 0.2) is 54.7 Å². The minimum absolute atomic E-state index is 0.118. The first-order valence-corrected chi connectivity index (χ1v) is 11.1. The van der Waals surface area contributed by atoms with Gasteiger partial charge in [0.25, 0.3) is 5.91 Å². The van der Waals surface area contributed by atoms with E-state index in [-0.39, 0.29) is 11.9 Å². The maximum absolute atomic E-state index is 13.1. The van der Waals surface area contributed by atoms with Crippen LogP contribution in [0.5, 0.6) is 11.5 Å². The smallest absolute Gasteiger partial charge is 0.411 e. The standard InChI is InChI=1S/C25H32N4O5/c1-28(2)13-7-15-34-25(31)26-20-9-5-8-19(16-20)24(30)29-14-6-10-21(27-29)18-11-12-22(32-3)23(17-18)33-4/h5-6,8-9,11-12,14,16-17,21,27H,7,10,13,15H2,1-4H3,(H,26,31). The minimum Gasteiger partial charge on any atom is -0.493 e. The summed E-state index contributed by atoms with van der Waals surface area (Å²) in [5.74, 6) is 1.03. The van der Waals surface area contributed by atoms with Crippen molar-refractivity contribution >= 4 is 17.7 Å². The van der Waals surface area contributed by atoms with Crippen molar-refractivity contribution in [2.45, 2.75) is 18.9 Å². The van der Waals surface area contributed by atoms with E-state index >= 15 is 0 Å². The molecule has 2 aromatic rings. The number of carbonyl (C=O) groups excluding carboxylic acids is 2. The van der Waals surface area contributed by atoms with Crippen LogP contribution in [0.1, 0.15) is 34.8 Å². The third-order valence-corrected chi connectivity index (χ3v) is 5.29. The van der Waals surface area contributed by atoms with Gasteiger partial charge in [0.05, 0.1) is 26.9 Å². The molecule has 0 radical (unpaired) electrons. The summed E-state index contributed by atoms with van der Waals surface area (Å²) in [7, 11) is 7.11. The summed E-state index contributed by atoms with van der Waals surface area (Å²) in [4.78, 5) is 27.2. The number of nitrogens with one attached hydrogen (secondary N) is 2.